The predicted molar refractivity (Wildman–Crippen MR) is 57.4 cm³/mol. The molecule has 0 aromatic heterocycles. The number of nitrogens with zero attached hydrogens (tertiary/aromatic N) is 1. The van der Waals surface area contributed by atoms with Crippen LogP contribution in [-0.2, 0) is 4.79 Å². The Bertz CT molecular complexity index is 243. The van der Waals surface area contributed by atoms with Gasteiger partial charge in [0.15, 0.2) is 0 Å². The van der Waals surface area contributed by atoms with Crippen LogP contribution >= 0.6 is 0 Å². The first-order chi connectivity index (χ1) is 7.15. The van der Waals surface area contributed by atoms with Gasteiger partial charge in [-0.25, -0.2) is 0 Å². The Morgan fingerprint density at radius 2 is 2.07 bits per heavy atom. The molecule has 86 valence electrons. The van der Waals surface area contributed by atoms with Crippen LogP contribution in [0.3, 0.4) is 0 Å². The van der Waals surface area contributed by atoms with E-state index >= 15 is 0 Å². The van der Waals surface area contributed by atoms with Gasteiger partial charge < -0.3 is 15.3 Å². The molecule has 0 aliphatic carbocycles. The highest BCUT2D eigenvalue weighted by molar-refractivity contribution is 5.83. The molecule has 2 rings (SSSR count). The highest BCUT2D eigenvalue weighted by Gasteiger charge is 2.41. The molecule has 0 bridgehead atoms. The van der Waals surface area contributed by atoms with Crippen LogP contribution in [0.1, 0.15) is 19.8 Å². The number of hydrogen-bond donors (Lipinski definition) is 2. The lowest BCUT2D eigenvalue weighted by Gasteiger charge is -2.44. The van der Waals surface area contributed by atoms with Crippen molar-refractivity contribution in [2.45, 2.75) is 19.8 Å². The fraction of sp³-hybridized carbons (Fsp3) is 0.909. The molecule has 2 N–H and O–H groups in total. The third-order valence-electron chi connectivity index (χ3n) is 3.73. The van der Waals surface area contributed by atoms with Crippen LogP contribution in [0.5, 0.6) is 0 Å². The Morgan fingerprint density at radius 3 is 2.60 bits per heavy atom. The number of rotatable bonds is 2. The summed E-state index contributed by atoms with van der Waals surface area (Å²) < 4.78 is 0. The van der Waals surface area contributed by atoms with E-state index < -0.39 is 0 Å². The minimum Gasteiger partial charge on any atom is -0.396 e. The second-order valence-electron chi connectivity index (χ2n) is 5.07. The van der Waals surface area contributed by atoms with Crippen molar-refractivity contribution < 1.29 is 9.90 Å². The van der Waals surface area contributed by atoms with Gasteiger partial charge in [0, 0.05) is 31.0 Å². The zero-order valence-corrected chi connectivity index (χ0v) is 9.33. The average Bonchev–Trinajstić information content (AvgIpc) is 2.17. The first-order valence-electron chi connectivity index (χ1n) is 5.77. The summed E-state index contributed by atoms with van der Waals surface area (Å²) in [5.74, 6) is 0.605. The summed E-state index contributed by atoms with van der Waals surface area (Å²) in [5, 5.41) is 12.2. The van der Waals surface area contributed by atoms with Crippen molar-refractivity contribution in [1.29, 1.82) is 0 Å². The summed E-state index contributed by atoms with van der Waals surface area (Å²) in [7, 11) is 0. The Hall–Kier alpha value is -0.610. The zero-order chi connectivity index (χ0) is 10.9. The molecule has 2 aliphatic rings. The molecule has 2 saturated heterocycles. The van der Waals surface area contributed by atoms with Gasteiger partial charge in [-0.2, -0.15) is 0 Å². The maximum absolute atomic E-state index is 12.2. The third kappa shape index (κ3) is 2.01. The van der Waals surface area contributed by atoms with Crippen LogP contribution < -0.4 is 5.32 Å². The number of piperidine rings is 1. The molecule has 0 spiro atoms. The zero-order valence-electron chi connectivity index (χ0n) is 9.33. The van der Waals surface area contributed by atoms with Gasteiger partial charge in [-0.15, -0.1) is 0 Å². The van der Waals surface area contributed by atoms with Crippen molar-refractivity contribution >= 4 is 5.91 Å². The van der Waals surface area contributed by atoms with Crippen LogP contribution in [-0.4, -0.2) is 48.7 Å². The molecule has 0 aromatic rings. The van der Waals surface area contributed by atoms with E-state index in [2.05, 4.69) is 12.2 Å². The van der Waals surface area contributed by atoms with Gasteiger partial charge in [0.05, 0.1) is 0 Å². The summed E-state index contributed by atoms with van der Waals surface area (Å²) in [5.41, 5.74) is -0.161. The first-order valence-corrected chi connectivity index (χ1v) is 5.77. The van der Waals surface area contributed by atoms with Crippen LogP contribution in [0.2, 0.25) is 0 Å². The average molecular weight is 212 g/mol. The molecule has 0 aromatic carbocycles. The summed E-state index contributed by atoms with van der Waals surface area (Å²) >= 11 is 0. The Balaban J connectivity index is 1.90. The molecule has 2 aliphatic heterocycles. The van der Waals surface area contributed by atoms with Crippen LogP contribution in [0.4, 0.5) is 0 Å². The minimum atomic E-state index is -0.161. The molecule has 0 atom stereocenters. The SMILES string of the molecule is CC1(C(=O)N2CC(CO)C2)CCNCC1. The van der Waals surface area contributed by atoms with Gasteiger partial charge >= 0.3 is 0 Å². The monoisotopic (exact) mass is 212 g/mol. The van der Waals surface area contributed by atoms with Crippen molar-refractivity contribution in [3.05, 3.63) is 0 Å². The molecule has 0 unspecified atom stereocenters. The lowest BCUT2D eigenvalue weighted by molar-refractivity contribution is -0.150. The third-order valence-corrected chi connectivity index (χ3v) is 3.73. The number of aliphatic hydroxyl groups is 1. The Morgan fingerprint density at radius 1 is 1.47 bits per heavy atom. The lowest BCUT2D eigenvalue weighted by atomic mass is 9.78. The predicted octanol–water partition coefficient (Wildman–Crippen LogP) is -0.173. The molecule has 0 radical (unpaired) electrons. The topological polar surface area (TPSA) is 52.6 Å². The van der Waals surface area contributed by atoms with Gasteiger partial charge in [0.2, 0.25) is 5.91 Å². The Kier molecular flexibility index (Phi) is 2.98. The van der Waals surface area contributed by atoms with Crippen molar-refractivity contribution in [1.82, 2.24) is 10.2 Å². The van der Waals surface area contributed by atoms with Crippen LogP contribution in [0.25, 0.3) is 0 Å². The molecule has 0 saturated carbocycles. The number of amides is 1. The van der Waals surface area contributed by atoms with E-state index in [0.717, 1.165) is 39.0 Å². The van der Waals surface area contributed by atoms with Gasteiger partial charge in [0.1, 0.15) is 0 Å². The second-order valence-corrected chi connectivity index (χ2v) is 5.07. The molecule has 2 heterocycles. The van der Waals surface area contributed by atoms with E-state index in [9.17, 15) is 4.79 Å². The second kappa shape index (κ2) is 4.10. The summed E-state index contributed by atoms with van der Waals surface area (Å²) in [4.78, 5) is 14.1. The molecule has 15 heavy (non-hydrogen) atoms. The maximum Gasteiger partial charge on any atom is 0.228 e. The largest absolute Gasteiger partial charge is 0.396 e. The number of nitrogens with one attached hydrogen (secondary N) is 1. The first kappa shape index (κ1) is 10.9. The van der Waals surface area contributed by atoms with Gasteiger partial charge in [-0.3, -0.25) is 4.79 Å². The molecular formula is C11H20N2O2. The molecule has 4 heteroatoms. The number of carbonyl (C=O) groups is 1. The number of hydrogen-bond acceptors (Lipinski definition) is 3. The van der Waals surface area contributed by atoms with E-state index in [4.69, 9.17) is 5.11 Å². The number of carbonyl (C=O) groups excluding carboxylic acids is 1. The van der Waals surface area contributed by atoms with Gasteiger partial charge in [-0.1, -0.05) is 6.92 Å². The number of aliphatic hydroxyl groups excluding tert-OH is 1. The van der Waals surface area contributed by atoms with Crippen molar-refractivity contribution in [2.24, 2.45) is 11.3 Å². The molecule has 1 amide bonds. The molecular weight excluding hydrogens is 192 g/mol. The van der Waals surface area contributed by atoms with E-state index in [0.29, 0.717) is 5.92 Å². The van der Waals surface area contributed by atoms with Crippen molar-refractivity contribution in [2.75, 3.05) is 32.8 Å². The van der Waals surface area contributed by atoms with E-state index in [1.54, 1.807) is 0 Å². The normalized spacial score (nSPS) is 26.1. The summed E-state index contributed by atoms with van der Waals surface area (Å²) in [6.07, 6.45) is 1.87. The fourth-order valence-corrected chi connectivity index (χ4v) is 2.43. The fourth-order valence-electron chi connectivity index (χ4n) is 2.43. The standard InChI is InChI=1S/C11H20N2O2/c1-11(2-4-12-5-3-11)10(15)13-6-9(7-13)8-14/h9,12,14H,2-8H2,1H3. The highest BCUT2D eigenvalue weighted by atomic mass is 16.3. The Labute approximate surface area is 90.6 Å². The minimum absolute atomic E-state index is 0.161. The van der Waals surface area contributed by atoms with Crippen molar-refractivity contribution in [3.8, 4) is 0 Å². The highest BCUT2D eigenvalue weighted by Crippen LogP contribution is 2.32. The maximum atomic E-state index is 12.2. The van der Waals surface area contributed by atoms with Crippen LogP contribution in [0.15, 0.2) is 0 Å². The van der Waals surface area contributed by atoms with Crippen molar-refractivity contribution in [3.63, 3.8) is 0 Å². The quantitative estimate of drug-likeness (QED) is 0.668. The van der Waals surface area contributed by atoms with E-state index in [1.807, 2.05) is 4.90 Å². The van der Waals surface area contributed by atoms with Gasteiger partial charge in [0.25, 0.3) is 0 Å². The van der Waals surface area contributed by atoms with Gasteiger partial charge in [-0.05, 0) is 25.9 Å². The lowest BCUT2D eigenvalue weighted by Crippen LogP contribution is -2.57. The van der Waals surface area contributed by atoms with E-state index in [1.165, 1.54) is 0 Å². The summed E-state index contributed by atoms with van der Waals surface area (Å²) in [6.45, 7) is 5.67. The molecule has 2 fully saturated rings. The van der Waals surface area contributed by atoms with E-state index in [-0.39, 0.29) is 17.9 Å². The van der Waals surface area contributed by atoms with Crippen LogP contribution in [0, 0.1) is 11.3 Å². The smallest absolute Gasteiger partial charge is 0.228 e. The summed E-state index contributed by atoms with van der Waals surface area (Å²) in [6, 6.07) is 0. The number of likely N-dealkylation sites (tertiary alicyclic amines) is 1. The molecule has 4 nitrogen and oxygen atoms in total.